The van der Waals surface area contributed by atoms with Crippen molar-refractivity contribution in [3.8, 4) is 6.07 Å². The van der Waals surface area contributed by atoms with Gasteiger partial charge in [0.05, 0.1) is 10.7 Å². The second kappa shape index (κ2) is 9.05. The SMILES string of the molecule is CN(C)CCCN(C)C1CCC(Nc2ncc3oc(C#N)cc3c2Br)CC1. The molecular weight excluding hydrogens is 406 g/mol. The summed E-state index contributed by atoms with van der Waals surface area (Å²) in [6.07, 6.45) is 7.61. The van der Waals surface area contributed by atoms with Gasteiger partial charge in [-0.1, -0.05) is 0 Å². The number of anilines is 1. The Labute approximate surface area is 169 Å². The van der Waals surface area contributed by atoms with E-state index in [-0.39, 0.29) is 0 Å². The third-order valence-electron chi connectivity index (χ3n) is 5.40. The Morgan fingerprint density at radius 2 is 2.00 bits per heavy atom. The number of hydrogen-bond donors (Lipinski definition) is 1. The van der Waals surface area contributed by atoms with E-state index in [1.807, 2.05) is 6.07 Å². The average Bonchev–Trinajstić information content (AvgIpc) is 3.08. The van der Waals surface area contributed by atoms with Gasteiger partial charge in [0.15, 0.2) is 5.58 Å². The van der Waals surface area contributed by atoms with Crippen LogP contribution in [0, 0.1) is 11.3 Å². The van der Waals surface area contributed by atoms with E-state index in [2.05, 4.69) is 57.2 Å². The van der Waals surface area contributed by atoms with Crippen molar-refractivity contribution >= 4 is 32.7 Å². The predicted octanol–water partition coefficient (Wildman–Crippen LogP) is 4.07. The molecule has 1 fully saturated rings. The molecule has 1 aliphatic carbocycles. The van der Waals surface area contributed by atoms with Gasteiger partial charge in [0, 0.05) is 23.5 Å². The molecule has 1 aliphatic rings. The lowest BCUT2D eigenvalue weighted by Crippen LogP contribution is -2.39. The molecule has 6 nitrogen and oxygen atoms in total. The molecule has 0 amide bonds. The minimum atomic E-state index is 0.308. The van der Waals surface area contributed by atoms with Crippen molar-refractivity contribution in [2.24, 2.45) is 0 Å². The highest BCUT2D eigenvalue weighted by molar-refractivity contribution is 9.10. The number of pyridine rings is 1. The Morgan fingerprint density at radius 1 is 1.26 bits per heavy atom. The highest BCUT2D eigenvalue weighted by atomic mass is 79.9. The summed E-state index contributed by atoms with van der Waals surface area (Å²) >= 11 is 3.62. The van der Waals surface area contributed by atoms with E-state index in [9.17, 15) is 0 Å². The van der Waals surface area contributed by atoms with Gasteiger partial charge in [0.25, 0.3) is 0 Å². The molecule has 146 valence electrons. The summed E-state index contributed by atoms with van der Waals surface area (Å²) in [5.74, 6) is 1.14. The third kappa shape index (κ3) is 5.01. The number of aromatic nitrogens is 1. The smallest absolute Gasteiger partial charge is 0.204 e. The summed E-state index contributed by atoms with van der Waals surface area (Å²) < 4.78 is 6.31. The number of halogens is 1. The first kappa shape index (κ1) is 20.1. The zero-order chi connectivity index (χ0) is 19.4. The largest absolute Gasteiger partial charge is 0.444 e. The Morgan fingerprint density at radius 3 is 2.67 bits per heavy atom. The van der Waals surface area contributed by atoms with Crippen molar-refractivity contribution in [2.45, 2.75) is 44.2 Å². The second-order valence-electron chi connectivity index (χ2n) is 7.71. The van der Waals surface area contributed by atoms with Gasteiger partial charge in [-0.25, -0.2) is 4.98 Å². The number of fused-ring (bicyclic) bond motifs is 1. The molecule has 0 saturated heterocycles. The molecule has 27 heavy (non-hydrogen) atoms. The predicted molar refractivity (Wildman–Crippen MR) is 112 cm³/mol. The van der Waals surface area contributed by atoms with Gasteiger partial charge in [0.1, 0.15) is 11.9 Å². The maximum Gasteiger partial charge on any atom is 0.204 e. The van der Waals surface area contributed by atoms with Crippen molar-refractivity contribution < 1.29 is 4.42 Å². The molecule has 0 aliphatic heterocycles. The summed E-state index contributed by atoms with van der Waals surface area (Å²) in [7, 11) is 6.52. The first-order valence-electron chi connectivity index (χ1n) is 9.57. The first-order chi connectivity index (χ1) is 13.0. The number of nitriles is 1. The molecule has 0 spiro atoms. The fraction of sp³-hybridized carbons (Fsp3) is 0.600. The van der Waals surface area contributed by atoms with E-state index in [4.69, 9.17) is 9.68 Å². The molecule has 2 heterocycles. The lowest BCUT2D eigenvalue weighted by Gasteiger charge is -2.35. The standard InChI is InChI=1S/C20H28BrN5O/c1-25(2)9-4-10-26(3)15-7-5-14(6-8-15)24-20-19(21)17-11-16(12-22)27-18(17)13-23-20/h11,13-15H,4-10H2,1-3H3,(H,23,24). The van der Waals surface area contributed by atoms with Crippen molar-refractivity contribution in [3.63, 3.8) is 0 Å². The van der Waals surface area contributed by atoms with Crippen LogP contribution in [0.2, 0.25) is 0 Å². The zero-order valence-electron chi connectivity index (χ0n) is 16.3. The fourth-order valence-corrected chi connectivity index (χ4v) is 4.34. The van der Waals surface area contributed by atoms with E-state index in [0.717, 1.165) is 41.6 Å². The molecule has 1 N–H and O–H groups in total. The number of hydrogen-bond acceptors (Lipinski definition) is 6. The number of nitrogens with one attached hydrogen (secondary N) is 1. The van der Waals surface area contributed by atoms with Crippen LogP contribution in [0.15, 0.2) is 21.2 Å². The molecule has 0 atom stereocenters. The van der Waals surface area contributed by atoms with Crippen molar-refractivity contribution in [1.29, 1.82) is 5.26 Å². The van der Waals surface area contributed by atoms with Gasteiger partial charge < -0.3 is 19.5 Å². The van der Waals surface area contributed by atoms with E-state index >= 15 is 0 Å². The van der Waals surface area contributed by atoms with Gasteiger partial charge >= 0.3 is 0 Å². The van der Waals surface area contributed by atoms with Crippen LogP contribution < -0.4 is 5.32 Å². The highest BCUT2D eigenvalue weighted by Gasteiger charge is 2.25. The summed E-state index contributed by atoms with van der Waals surface area (Å²) in [6, 6.07) is 4.90. The normalized spacial score (nSPS) is 20.3. The fourth-order valence-electron chi connectivity index (χ4n) is 3.81. The average molecular weight is 434 g/mol. The zero-order valence-corrected chi connectivity index (χ0v) is 17.9. The molecule has 2 aromatic rings. The van der Waals surface area contributed by atoms with Crippen LogP contribution >= 0.6 is 15.9 Å². The molecule has 3 rings (SSSR count). The van der Waals surface area contributed by atoms with Crippen molar-refractivity contribution in [2.75, 3.05) is 39.5 Å². The summed E-state index contributed by atoms with van der Waals surface area (Å²) in [5, 5.41) is 13.5. The Balaban J connectivity index is 1.54. The summed E-state index contributed by atoms with van der Waals surface area (Å²) in [4.78, 5) is 9.25. The van der Waals surface area contributed by atoms with Gasteiger partial charge in [0.2, 0.25) is 5.76 Å². The Hall–Kier alpha value is -1.62. The van der Waals surface area contributed by atoms with E-state index in [0.29, 0.717) is 23.4 Å². The molecule has 0 unspecified atom stereocenters. The highest BCUT2D eigenvalue weighted by Crippen LogP contribution is 2.33. The van der Waals surface area contributed by atoms with Crippen LogP contribution in [0.5, 0.6) is 0 Å². The minimum Gasteiger partial charge on any atom is -0.444 e. The molecule has 0 radical (unpaired) electrons. The van der Waals surface area contributed by atoms with Gasteiger partial charge in [-0.15, -0.1) is 0 Å². The molecule has 0 aromatic carbocycles. The van der Waals surface area contributed by atoms with Crippen LogP contribution in [0.4, 0.5) is 5.82 Å². The second-order valence-corrected chi connectivity index (χ2v) is 8.50. The summed E-state index contributed by atoms with van der Waals surface area (Å²) in [6.45, 7) is 2.30. The molecular formula is C20H28BrN5O. The maximum absolute atomic E-state index is 9.01. The summed E-state index contributed by atoms with van der Waals surface area (Å²) in [5.41, 5.74) is 0.632. The third-order valence-corrected chi connectivity index (χ3v) is 6.21. The van der Waals surface area contributed by atoms with E-state index in [1.54, 1.807) is 12.3 Å². The number of rotatable bonds is 7. The van der Waals surface area contributed by atoms with E-state index < -0.39 is 0 Å². The molecule has 2 aromatic heterocycles. The van der Waals surface area contributed by atoms with Gasteiger partial charge in [-0.3, -0.25) is 0 Å². The molecule has 7 heteroatoms. The monoisotopic (exact) mass is 433 g/mol. The quantitative estimate of drug-likeness (QED) is 0.709. The molecule has 1 saturated carbocycles. The number of furan rings is 1. The lowest BCUT2D eigenvalue weighted by molar-refractivity contribution is 0.179. The lowest BCUT2D eigenvalue weighted by atomic mass is 9.90. The Bertz CT molecular complexity index is 805. The maximum atomic E-state index is 9.01. The Kier molecular flexibility index (Phi) is 6.74. The first-order valence-corrected chi connectivity index (χ1v) is 10.4. The van der Waals surface area contributed by atoms with Crippen LogP contribution in [-0.2, 0) is 0 Å². The van der Waals surface area contributed by atoms with Crippen LogP contribution in [-0.4, -0.2) is 61.1 Å². The van der Waals surface area contributed by atoms with Crippen LogP contribution in [0.1, 0.15) is 37.9 Å². The minimum absolute atomic E-state index is 0.308. The van der Waals surface area contributed by atoms with Gasteiger partial charge in [-0.2, -0.15) is 5.26 Å². The van der Waals surface area contributed by atoms with Crippen LogP contribution in [0.3, 0.4) is 0 Å². The number of nitrogens with zero attached hydrogens (tertiary/aromatic N) is 4. The van der Waals surface area contributed by atoms with Crippen LogP contribution in [0.25, 0.3) is 11.0 Å². The molecule has 0 bridgehead atoms. The topological polar surface area (TPSA) is 68.3 Å². The van der Waals surface area contributed by atoms with Crippen molar-refractivity contribution in [1.82, 2.24) is 14.8 Å². The van der Waals surface area contributed by atoms with Crippen molar-refractivity contribution in [3.05, 3.63) is 22.5 Å². The van der Waals surface area contributed by atoms with E-state index in [1.165, 1.54) is 19.3 Å². The van der Waals surface area contributed by atoms with Gasteiger partial charge in [-0.05, 0) is 82.3 Å².